The number of rotatable bonds is 1. The van der Waals surface area contributed by atoms with Gasteiger partial charge in [-0.15, -0.1) is 22.7 Å². The summed E-state index contributed by atoms with van der Waals surface area (Å²) in [6.45, 7) is 30.3. The number of para-hydroxylation sites is 1. The minimum atomic E-state index is 0.145. The monoisotopic (exact) mass is 1310 g/mol. The molecule has 98 heavy (non-hydrogen) atoms. The van der Waals surface area contributed by atoms with Crippen LogP contribution in [-0.2, 0) is 5.41 Å². The molecule has 0 unspecified atom stereocenters. The molecule has 0 N–H and O–H groups in total. The lowest BCUT2D eigenvalue weighted by atomic mass is 9.82. The smallest absolute Gasteiger partial charge is 0.135 e. The van der Waals surface area contributed by atoms with E-state index in [4.69, 9.17) is 8.83 Å². The van der Waals surface area contributed by atoms with Crippen molar-refractivity contribution in [2.24, 2.45) is 0 Å². The first-order chi connectivity index (χ1) is 47.2. The van der Waals surface area contributed by atoms with E-state index in [0.29, 0.717) is 0 Å². The Balaban J connectivity index is 0.000000101. The van der Waals surface area contributed by atoms with Gasteiger partial charge in [0.25, 0.3) is 0 Å². The molecule has 5 aromatic heterocycles. The van der Waals surface area contributed by atoms with Gasteiger partial charge in [0, 0.05) is 83.8 Å². The molecule has 0 amide bonds. The first kappa shape index (κ1) is 65.0. The number of hydrogen-bond donors (Lipinski definition) is 0. The summed E-state index contributed by atoms with van der Waals surface area (Å²) in [5, 5.41) is 13.1. The maximum atomic E-state index is 5.81. The lowest BCUT2D eigenvalue weighted by Gasteiger charge is -2.21. The molecule has 0 saturated carbocycles. The molecular formula is C93H83NO2S2. The van der Waals surface area contributed by atoms with Crippen molar-refractivity contribution in [2.75, 3.05) is 0 Å². The summed E-state index contributed by atoms with van der Waals surface area (Å²) in [6.07, 6.45) is 0. The Labute approximate surface area is 583 Å². The minimum absolute atomic E-state index is 0.145. The van der Waals surface area contributed by atoms with E-state index in [2.05, 4.69) is 338 Å². The molecule has 484 valence electrons. The fraction of sp³-hybridized carbons (Fsp3) is 0.161. The number of fused-ring (bicyclic) bond motifs is 18. The maximum absolute atomic E-state index is 5.81. The predicted octanol–water partition coefficient (Wildman–Crippen LogP) is 27.8. The molecule has 0 bridgehead atoms. The summed E-state index contributed by atoms with van der Waals surface area (Å²) in [5.41, 5.74) is 29.2. The van der Waals surface area contributed by atoms with Gasteiger partial charge in [-0.25, -0.2) is 0 Å². The van der Waals surface area contributed by atoms with Crippen LogP contribution >= 0.6 is 22.7 Å². The van der Waals surface area contributed by atoms with Crippen LogP contribution in [0.25, 0.3) is 123 Å². The standard InChI is InChI=1S/C20H17N.C17H18.2C14H12O.2C14H12S/c1-14-8-10-17-18-11-9-15(2)13-20(18)21(19(17)12-14)16-6-4-3-5-7-16;1-11-5-7-15-13(9-11)14-10-12(2)6-8-16(14)17(15,3)4;1-9-3-5-13-11(7-9)12-8-10(2)4-6-14(12)15-13;1-9-3-5-11-12-6-4-10(2)8-14(12)15-13(11)7-9;1-9-3-5-13-11(7-9)12-8-10(2)4-6-14(12)15-13;1-9-3-5-11-12-6-4-10(2)8-14(12)15-13(11)7-9/h3-13H,1-2H3;5-10H,1-4H3;4*3-8H,1-2H3. The molecule has 19 rings (SSSR count). The van der Waals surface area contributed by atoms with Crippen LogP contribution < -0.4 is 0 Å². The highest BCUT2D eigenvalue weighted by Gasteiger charge is 2.35. The van der Waals surface area contributed by atoms with Gasteiger partial charge >= 0.3 is 0 Å². The number of benzene rings is 13. The molecule has 0 saturated heterocycles. The van der Waals surface area contributed by atoms with Crippen LogP contribution in [0.15, 0.2) is 258 Å². The van der Waals surface area contributed by atoms with Crippen molar-refractivity contribution in [3.05, 3.63) is 327 Å². The number of furan rings is 2. The Morgan fingerprint density at radius 2 is 0.561 bits per heavy atom. The summed E-state index contributed by atoms with van der Waals surface area (Å²) in [7, 11) is 0. The zero-order valence-corrected chi connectivity index (χ0v) is 60.4. The molecule has 5 heterocycles. The molecular weight excluding hydrogens is 1230 g/mol. The topological polar surface area (TPSA) is 31.2 Å². The maximum Gasteiger partial charge on any atom is 0.135 e. The van der Waals surface area contributed by atoms with Gasteiger partial charge in [-0.3, -0.25) is 0 Å². The van der Waals surface area contributed by atoms with E-state index in [1.54, 1.807) is 0 Å². The minimum Gasteiger partial charge on any atom is -0.456 e. The quantitative estimate of drug-likeness (QED) is 0.164. The Morgan fingerprint density at radius 1 is 0.245 bits per heavy atom. The fourth-order valence-electron chi connectivity index (χ4n) is 14.1. The normalized spacial score (nSPS) is 12.1. The van der Waals surface area contributed by atoms with E-state index in [1.165, 1.54) is 178 Å². The second-order valence-corrected chi connectivity index (χ2v) is 30.0. The van der Waals surface area contributed by atoms with Crippen molar-refractivity contribution in [3.63, 3.8) is 0 Å². The first-order valence-corrected chi connectivity index (χ1v) is 35.7. The van der Waals surface area contributed by atoms with Crippen molar-refractivity contribution in [3.8, 4) is 16.8 Å². The van der Waals surface area contributed by atoms with Crippen LogP contribution in [0.3, 0.4) is 0 Å². The zero-order valence-electron chi connectivity index (χ0n) is 58.8. The van der Waals surface area contributed by atoms with E-state index in [1.807, 2.05) is 34.8 Å². The van der Waals surface area contributed by atoms with E-state index in [9.17, 15) is 0 Å². The van der Waals surface area contributed by atoms with Crippen molar-refractivity contribution in [1.82, 2.24) is 4.57 Å². The fourth-order valence-corrected chi connectivity index (χ4v) is 16.5. The summed E-state index contributed by atoms with van der Waals surface area (Å²) in [4.78, 5) is 0. The third-order valence-corrected chi connectivity index (χ3v) is 21.5. The van der Waals surface area contributed by atoms with E-state index in [-0.39, 0.29) is 5.41 Å². The predicted molar refractivity (Wildman–Crippen MR) is 428 cm³/mol. The zero-order chi connectivity index (χ0) is 68.3. The van der Waals surface area contributed by atoms with E-state index >= 15 is 0 Å². The SMILES string of the molecule is Cc1ccc2c(c1)-c1cc(C)ccc1C2(C)C.Cc1ccc2c(c1)oc1cc(C)ccc12.Cc1ccc2c(c1)sc1cc(C)ccc12.Cc1ccc2c3ccc(C)cc3n(-c3ccccc3)c2c1.Cc1ccc2oc3ccc(C)cc3c2c1.Cc1ccc2sc3ccc(C)cc3c2c1. The van der Waals surface area contributed by atoms with Crippen molar-refractivity contribution >= 4 is 129 Å². The largest absolute Gasteiger partial charge is 0.456 e. The van der Waals surface area contributed by atoms with Crippen molar-refractivity contribution in [1.29, 1.82) is 0 Å². The van der Waals surface area contributed by atoms with Crippen LogP contribution in [0, 0.1) is 83.1 Å². The molecule has 0 radical (unpaired) electrons. The highest BCUT2D eigenvalue weighted by atomic mass is 32.1. The van der Waals surface area contributed by atoms with Gasteiger partial charge in [0.1, 0.15) is 22.3 Å². The summed E-state index contributed by atoms with van der Waals surface area (Å²) in [5.74, 6) is 0. The third kappa shape index (κ3) is 13.0. The lowest BCUT2D eigenvalue weighted by Crippen LogP contribution is -2.14. The molecule has 0 fully saturated rings. The Morgan fingerprint density at radius 3 is 1.00 bits per heavy atom. The molecule has 18 aromatic rings. The summed E-state index contributed by atoms with van der Waals surface area (Å²) < 4.78 is 19.5. The van der Waals surface area contributed by atoms with E-state index < -0.39 is 0 Å². The van der Waals surface area contributed by atoms with Crippen molar-refractivity contribution < 1.29 is 8.83 Å². The Hall–Kier alpha value is -10.3. The van der Waals surface area contributed by atoms with Gasteiger partial charge in [0.15, 0.2) is 0 Å². The Kier molecular flexibility index (Phi) is 17.7. The van der Waals surface area contributed by atoms with Gasteiger partial charge in [0.2, 0.25) is 0 Å². The van der Waals surface area contributed by atoms with Gasteiger partial charge in [0.05, 0.1) is 11.0 Å². The van der Waals surface area contributed by atoms with Crippen LogP contribution in [0.2, 0.25) is 0 Å². The summed E-state index contributed by atoms with van der Waals surface area (Å²) in [6, 6.07) is 89.8. The second-order valence-electron chi connectivity index (χ2n) is 27.8. The lowest BCUT2D eigenvalue weighted by molar-refractivity contribution is 0.660. The molecule has 0 aliphatic heterocycles. The molecule has 5 heteroatoms. The molecule has 3 nitrogen and oxygen atoms in total. The highest BCUT2D eigenvalue weighted by Crippen LogP contribution is 2.49. The Bertz CT molecular complexity index is 5480. The van der Waals surface area contributed by atoms with Gasteiger partial charge < -0.3 is 13.4 Å². The van der Waals surface area contributed by atoms with Gasteiger partial charge in [-0.05, 0) is 236 Å². The van der Waals surface area contributed by atoms with E-state index in [0.717, 1.165) is 22.3 Å². The van der Waals surface area contributed by atoms with Gasteiger partial charge in [-0.2, -0.15) is 0 Å². The molecule has 0 atom stereocenters. The molecule has 0 spiro atoms. The van der Waals surface area contributed by atoms with Crippen LogP contribution in [0.1, 0.15) is 91.7 Å². The van der Waals surface area contributed by atoms with Crippen LogP contribution in [0.4, 0.5) is 0 Å². The van der Waals surface area contributed by atoms with Gasteiger partial charge in [-0.1, -0.05) is 199 Å². The highest BCUT2D eigenvalue weighted by molar-refractivity contribution is 7.26. The second kappa shape index (κ2) is 26.6. The molecule has 13 aromatic carbocycles. The average Bonchev–Trinajstić information content (AvgIpc) is 1.58. The summed E-state index contributed by atoms with van der Waals surface area (Å²) >= 11 is 3.77. The number of thiophene rings is 2. The average molecular weight is 1310 g/mol. The molecule has 1 aliphatic rings. The number of aromatic nitrogens is 1. The van der Waals surface area contributed by atoms with Crippen LogP contribution in [-0.4, -0.2) is 4.57 Å². The van der Waals surface area contributed by atoms with Crippen LogP contribution in [0.5, 0.6) is 0 Å². The number of hydrogen-bond acceptors (Lipinski definition) is 4. The third-order valence-electron chi connectivity index (χ3n) is 19.2. The number of nitrogens with zero attached hydrogens (tertiary/aromatic N) is 1. The number of aryl methyl sites for hydroxylation is 12. The first-order valence-electron chi connectivity index (χ1n) is 34.1. The van der Waals surface area contributed by atoms with Crippen molar-refractivity contribution in [2.45, 2.75) is 102 Å². The molecule has 1 aliphatic carbocycles.